The minimum absolute atomic E-state index is 0.00610. The number of fused-ring (bicyclic) bond motifs is 2. The van der Waals surface area contributed by atoms with Crippen LogP contribution in [0.3, 0.4) is 0 Å². The fourth-order valence-electron chi connectivity index (χ4n) is 5.18. The molecule has 3 aromatic rings. The fraction of sp³-hybridized carbons (Fsp3) is 0.400. The number of aliphatic hydroxyl groups excluding tert-OH is 1. The molecule has 5 heterocycles. The summed E-state index contributed by atoms with van der Waals surface area (Å²) in [4.78, 5) is 33.4. The summed E-state index contributed by atoms with van der Waals surface area (Å²) in [7, 11) is 0. The quantitative estimate of drug-likeness (QED) is 0.521. The summed E-state index contributed by atoms with van der Waals surface area (Å²) < 4.78 is 12.8. The molecule has 0 aliphatic carbocycles. The van der Waals surface area contributed by atoms with Crippen LogP contribution < -0.4 is 9.64 Å². The molecular formula is C25H24ClN3O5S. The van der Waals surface area contributed by atoms with Crippen molar-refractivity contribution in [3.8, 4) is 16.9 Å². The second-order valence-corrected chi connectivity index (χ2v) is 10.6. The highest BCUT2D eigenvalue weighted by Crippen LogP contribution is 2.47. The van der Waals surface area contributed by atoms with Gasteiger partial charge in [0, 0.05) is 46.1 Å². The molecule has 1 aromatic carbocycles. The first-order chi connectivity index (χ1) is 17.0. The van der Waals surface area contributed by atoms with Gasteiger partial charge in [-0.15, -0.1) is 11.3 Å². The highest BCUT2D eigenvalue weighted by atomic mass is 35.5. The van der Waals surface area contributed by atoms with Crippen LogP contribution in [-0.4, -0.2) is 65.3 Å². The molecule has 2 fully saturated rings. The number of thiophene rings is 1. The topological polar surface area (TPSA) is 92.2 Å². The number of ether oxygens (including phenoxy) is 2. The number of carbonyl (C=O) groups excluding carboxylic acids is 2. The number of likely N-dealkylation sites (tertiary alicyclic amines) is 1. The average Bonchev–Trinajstić information content (AvgIpc) is 3.58. The van der Waals surface area contributed by atoms with E-state index in [9.17, 15) is 14.7 Å². The molecular weight excluding hydrogens is 490 g/mol. The summed E-state index contributed by atoms with van der Waals surface area (Å²) in [5.41, 5.74) is 3.68. The maximum atomic E-state index is 12.1. The van der Waals surface area contributed by atoms with E-state index in [1.54, 1.807) is 6.20 Å². The van der Waals surface area contributed by atoms with Gasteiger partial charge in [-0.3, -0.25) is 19.5 Å². The Morgan fingerprint density at radius 2 is 2.00 bits per heavy atom. The average molecular weight is 514 g/mol. The van der Waals surface area contributed by atoms with Crippen LogP contribution in [0.5, 0.6) is 5.75 Å². The molecule has 0 radical (unpaired) electrons. The van der Waals surface area contributed by atoms with Gasteiger partial charge in [-0.1, -0.05) is 11.6 Å². The summed E-state index contributed by atoms with van der Waals surface area (Å²) in [6.07, 6.45) is 2.90. The van der Waals surface area contributed by atoms with Gasteiger partial charge in [0.25, 0.3) is 0 Å². The van der Waals surface area contributed by atoms with Gasteiger partial charge in [-0.25, -0.2) is 0 Å². The van der Waals surface area contributed by atoms with E-state index in [-0.39, 0.29) is 50.0 Å². The Bertz CT molecular complexity index is 1310. The number of pyridine rings is 1. The Morgan fingerprint density at radius 3 is 2.77 bits per heavy atom. The van der Waals surface area contributed by atoms with Crippen molar-refractivity contribution in [1.82, 2.24) is 9.88 Å². The van der Waals surface area contributed by atoms with Crippen molar-refractivity contribution >= 4 is 50.7 Å². The molecule has 2 atom stereocenters. The van der Waals surface area contributed by atoms with Gasteiger partial charge >= 0.3 is 0 Å². The van der Waals surface area contributed by atoms with Gasteiger partial charge < -0.3 is 19.5 Å². The smallest absolute Gasteiger partial charge is 0.230 e. The molecule has 2 saturated heterocycles. The molecule has 3 aliphatic rings. The molecule has 0 bridgehead atoms. The first-order valence-corrected chi connectivity index (χ1v) is 12.9. The lowest BCUT2D eigenvalue weighted by atomic mass is 9.99. The molecule has 0 saturated carbocycles. The zero-order valence-corrected chi connectivity index (χ0v) is 20.5. The summed E-state index contributed by atoms with van der Waals surface area (Å²) in [6, 6.07) is 7.83. The van der Waals surface area contributed by atoms with Crippen LogP contribution >= 0.6 is 22.9 Å². The number of halogens is 1. The van der Waals surface area contributed by atoms with E-state index >= 15 is 0 Å². The van der Waals surface area contributed by atoms with Crippen LogP contribution in [-0.2, 0) is 20.9 Å². The van der Waals surface area contributed by atoms with Crippen LogP contribution in [0.1, 0.15) is 24.1 Å². The number of aromatic nitrogens is 1. The number of hydrogen-bond acceptors (Lipinski definition) is 8. The van der Waals surface area contributed by atoms with E-state index < -0.39 is 0 Å². The van der Waals surface area contributed by atoms with Crippen molar-refractivity contribution < 1.29 is 24.2 Å². The predicted octanol–water partition coefficient (Wildman–Crippen LogP) is 3.61. The second kappa shape index (κ2) is 9.05. The van der Waals surface area contributed by atoms with Crippen molar-refractivity contribution in [3.63, 3.8) is 0 Å². The van der Waals surface area contributed by atoms with Gasteiger partial charge in [0.15, 0.2) is 0 Å². The molecule has 2 amide bonds. The zero-order valence-electron chi connectivity index (χ0n) is 18.9. The minimum atomic E-state index is -0.162. The molecule has 3 aliphatic heterocycles. The normalized spacial score (nSPS) is 22.2. The first-order valence-electron chi connectivity index (χ1n) is 11.7. The Labute approximate surface area is 211 Å². The lowest BCUT2D eigenvalue weighted by Crippen LogP contribution is -2.42. The van der Waals surface area contributed by atoms with Crippen LogP contribution in [0.25, 0.3) is 21.3 Å². The number of amides is 2. The molecule has 0 spiro atoms. The maximum absolute atomic E-state index is 12.1. The van der Waals surface area contributed by atoms with Crippen LogP contribution in [0.4, 0.5) is 5.69 Å². The summed E-state index contributed by atoms with van der Waals surface area (Å²) in [6.45, 7) is 2.06. The molecule has 6 rings (SSSR count). The fourth-order valence-corrected chi connectivity index (χ4v) is 6.52. The van der Waals surface area contributed by atoms with Crippen LogP contribution in [0.15, 0.2) is 30.5 Å². The Kier molecular flexibility index (Phi) is 5.88. The van der Waals surface area contributed by atoms with E-state index in [0.717, 1.165) is 44.1 Å². The molecule has 1 N–H and O–H groups in total. The van der Waals surface area contributed by atoms with Crippen molar-refractivity contribution in [2.75, 3.05) is 31.3 Å². The monoisotopic (exact) mass is 513 g/mol. The number of hydrogen-bond donors (Lipinski definition) is 1. The molecule has 10 heteroatoms. The number of anilines is 1. The van der Waals surface area contributed by atoms with E-state index in [1.807, 2.05) is 24.3 Å². The number of benzene rings is 1. The third-order valence-corrected chi connectivity index (χ3v) is 8.20. The van der Waals surface area contributed by atoms with Crippen molar-refractivity contribution in [1.29, 1.82) is 0 Å². The Balaban J connectivity index is 1.43. The lowest BCUT2D eigenvalue weighted by Gasteiger charge is -2.37. The second-order valence-electron chi connectivity index (χ2n) is 9.03. The SMILES string of the molecule is O=C1CCC(=O)N1Cc1cc2nccc(-c3cc(Cl)cc4c3N(C3CO[C@H](CO)C3)CCO4)c2s1. The number of aliphatic hydroxyl groups is 1. The van der Waals surface area contributed by atoms with Crippen LogP contribution in [0.2, 0.25) is 5.02 Å². The standard InChI is InChI=1S/C25H24ClN3O5S/c26-14-7-19(24-21(8-14)33-6-5-28(24)15-9-16(12-30)34-13-15)18-3-4-27-20-10-17(35-25(18)20)11-29-22(31)1-2-23(29)32/h3-4,7-8,10,15-16,30H,1-2,5-6,9,11-13H2/t15?,16-/m0/s1. The van der Waals surface area contributed by atoms with E-state index in [4.69, 9.17) is 21.1 Å². The van der Waals surface area contributed by atoms with Crippen molar-refractivity contribution in [2.45, 2.75) is 38.0 Å². The molecule has 1 unspecified atom stereocenters. The van der Waals surface area contributed by atoms with E-state index in [2.05, 4.69) is 9.88 Å². The number of nitrogens with zero attached hydrogens (tertiary/aromatic N) is 3. The highest BCUT2D eigenvalue weighted by Gasteiger charge is 2.35. The third-order valence-electron chi connectivity index (χ3n) is 6.84. The summed E-state index contributed by atoms with van der Waals surface area (Å²) >= 11 is 8.07. The number of imide groups is 1. The maximum Gasteiger partial charge on any atom is 0.230 e. The molecule has 8 nitrogen and oxygen atoms in total. The van der Waals surface area contributed by atoms with Gasteiger partial charge in [-0.05, 0) is 24.6 Å². The van der Waals surface area contributed by atoms with E-state index in [0.29, 0.717) is 24.8 Å². The van der Waals surface area contributed by atoms with Gasteiger partial charge in [0.1, 0.15) is 12.4 Å². The zero-order chi connectivity index (χ0) is 24.1. The van der Waals surface area contributed by atoms with Crippen molar-refractivity contribution in [3.05, 3.63) is 40.4 Å². The summed E-state index contributed by atoms with van der Waals surface area (Å²) in [5.74, 6) is 0.468. The highest BCUT2D eigenvalue weighted by molar-refractivity contribution is 7.19. The van der Waals surface area contributed by atoms with Crippen molar-refractivity contribution in [2.24, 2.45) is 0 Å². The lowest BCUT2D eigenvalue weighted by molar-refractivity contribution is -0.138. The first kappa shape index (κ1) is 22.7. The van der Waals surface area contributed by atoms with Gasteiger partial charge in [-0.2, -0.15) is 0 Å². The molecule has 35 heavy (non-hydrogen) atoms. The third kappa shape index (κ3) is 4.06. The van der Waals surface area contributed by atoms with Gasteiger partial charge in [0.2, 0.25) is 11.8 Å². The summed E-state index contributed by atoms with van der Waals surface area (Å²) in [5, 5.41) is 10.1. The van der Waals surface area contributed by atoms with E-state index in [1.165, 1.54) is 16.2 Å². The Morgan fingerprint density at radius 1 is 1.17 bits per heavy atom. The molecule has 2 aromatic heterocycles. The predicted molar refractivity (Wildman–Crippen MR) is 133 cm³/mol. The Hall–Kier alpha value is -2.72. The van der Waals surface area contributed by atoms with Gasteiger partial charge in [0.05, 0.1) is 54.4 Å². The minimum Gasteiger partial charge on any atom is -0.489 e. The largest absolute Gasteiger partial charge is 0.489 e. The molecule has 182 valence electrons. The number of rotatable bonds is 5. The van der Waals surface area contributed by atoms with Crippen LogP contribution in [0, 0.1) is 0 Å². The number of carbonyl (C=O) groups is 2.